The topological polar surface area (TPSA) is 26.0 Å². The van der Waals surface area contributed by atoms with Crippen LogP contribution in [0.5, 0.6) is 0 Å². The predicted molar refractivity (Wildman–Crippen MR) is 55.5 cm³/mol. The molecule has 2 N–H and O–H groups in total. The monoisotopic (exact) mass is 181 g/mol. The molecule has 1 aromatic heterocycles. The van der Waals surface area contributed by atoms with E-state index in [1.54, 1.807) is 11.3 Å². The Morgan fingerprint density at radius 1 is 1.50 bits per heavy atom. The van der Waals surface area contributed by atoms with Crippen LogP contribution in [-0.2, 0) is 6.42 Å². The molecule has 0 atom stereocenters. The van der Waals surface area contributed by atoms with Gasteiger partial charge in [-0.15, -0.1) is 0 Å². The normalized spacial score (nSPS) is 10.1. The van der Waals surface area contributed by atoms with Crippen LogP contribution >= 0.6 is 11.3 Å². The van der Waals surface area contributed by atoms with Gasteiger partial charge < -0.3 is 5.73 Å². The lowest BCUT2D eigenvalue weighted by atomic mass is 10.1. The molecule has 0 amide bonds. The maximum absolute atomic E-state index is 5.42. The van der Waals surface area contributed by atoms with Crippen LogP contribution in [0.25, 0.3) is 0 Å². The van der Waals surface area contributed by atoms with Gasteiger partial charge in [0, 0.05) is 0 Å². The number of rotatable bonds is 5. The zero-order chi connectivity index (χ0) is 8.81. The van der Waals surface area contributed by atoms with E-state index >= 15 is 0 Å². The highest BCUT2D eigenvalue weighted by atomic mass is 32.1. The van der Waals surface area contributed by atoms with Crippen molar-refractivity contribution in [3.8, 4) is 0 Å². The summed E-state index contributed by atoms with van der Waals surface area (Å²) in [6, 6.07) is 2.17. The zero-order valence-corrected chi connectivity index (χ0v) is 8.07. The summed E-state index contributed by atoms with van der Waals surface area (Å²) >= 11 is 1.75. The highest BCUT2D eigenvalue weighted by Crippen LogP contribution is 2.12. The molecule has 0 aliphatic heterocycles. The molecule has 0 aliphatic carbocycles. The predicted octanol–water partition coefficient (Wildman–Crippen LogP) is 2.59. The van der Waals surface area contributed by atoms with Gasteiger partial charge in [0.05, 0.1) is 0 Å². The minimum absolute atomic E-state index is 0.725. The van der Waals surface area contributed by atoms with Crippen LogP contribution in [0.15, 0.2) is 29.0 Å². The Balaban J connectivity index is 2.22. The fraction of sp³-hybridized carbons (Fsp3) is 0.400. The first-order valence-corrected chi connectivity index (χ1v) is 5.15. The van der Waals surface area contributed by atoms with Crippen LogP contribution in [0.1, 0.15) is 18.4 Å². The Bertz CT molecular complexity index is 226. The summed E-state index contributed by atoms with van der Waals surface area (Å²) in [5.41, 5.74) is 8.10. The molecule has 0 fully saturated rings. The molecule has 0 spiro atoms. The van der Waals surface area contributed by atoms with Gasteiger partial charge >= 0.3 is 0 Å². The van der Waals surface area contributed by atoms with Gasteiger partial charge in [-0.1, -0.05) is 12.2 Å². The summed E-state index contributed by atoms with van der Waals surface area (Å²) in [5.74, 6) is 0. The second-order valence-electron chi connectivity index (χ2n) is 2.92. The van der Waals surface area contributed by atoms with Gasteiger partial charge in [0.15, 0.2) is 0 Å². The molecule has 0 unspecified atom stereocenters. The van der Waals surface area contributed by atoms with Crippen LogP contribution in [0, 0.1) is 0 Å². The maximum atomic E-state index is 5.42. The molecule has 1 rings (SSSR count). The average Bonchev–Trinajstić information content (AvgIpc) is 2.53. The Hall–Kier alpha value is -0.600. The zero-order valence-electron chi connectivity index (χ0n) is 7.25. The smallest absolute Gasteiger partial charge is 0.00400 e. The Morgan fingerprint density at radius 3 is 2.92 bits per heavy atom. The molecule has 12 heavy (non-hydrogen) atoms. The van der Waals surface area contributed by atoms with Gasteiger partial charge in [0.25, 0.3) is 0 Å². The minimum Gasteiger partial charge on any atom is -0.330 e. The second kappa shape index (κ2) is 5.12. The standard InChI is InChI=1S/C10H15NS/c1-9(4-6-11)2-3-10-5-7-12-8-10/h5,7-8H,1-4,6,11H2. The third kappa shape index (κ3) is 3.20. The van der Waals surface area contributed by atoms with Crippen LogP contribution in [0.4, 0.5) is 0 Å². The molecule has 0 bridgehead atoms. The summed E-state index contributed by atoms with van der Waals surface area (Å²) < 4.78 is 0. The molecule has 0 radical (unpaired) electrons. The van der Waals surface area contributed by atoms with Gasteiger partial charge in [-0.3, -0.25) is 0 Å². The second-order valence-corrected chi connectivity index (χ2v) is 3.70. The van der Waals surface area contributed by atoms with E-state index in [2.05, 4.69) is 23.4 Å². The largest absolute Gasteiger partial charge is 0.330 e. The molecule has 0 aliphatic rings. The van der Waals surface area contributed by atoms with E-state index in [-0.39, 0.29) is 0 Å². The molecular weight excluding hydrogens is 166 g/mol. The van der Waals surface area contributed by atoms with E-state index < -0.39 is 0 Å². The van der Waals surface area contributed by atoms with Gasteiger partial charge in [0.2, 0.25) is 0 Å². The van der Waals surface area contributed by atoms with Crippen molar-refractivity contribution in [1.82, 2.24) is 0 Å². The summed E-state index contributed by atoms with van der Waals surface area (Å²) in [5, 5.41) is 4.30. The summed E-state index contributed by atoms with van der Waals surface area (Å²) in [6.07, 6.45) is 3.15. The number of nitrogens with two attached hydrogens (primary N) is 1. The van der Waals surface area contributed by atoms with E-state index in [1.807, 2.05) is 0 Å². The summed E-state index contributed by atoms with van der Waals surface area (Å²) in [7, 11) is 0. The molecule has 1 heterocycles. The van der Waals surface area contributed by atoms with Crippen LogP contribution in [-0.4, -0.2) is 6.54 Å². The fourth-order valence-electron chi connectivity index (χ4n) is 1.09. The molecule has 0 aromatic carbocycles. The fourth-order valence-corrected chi connectivity index (χ4v) is 1.79. The quantitative estimate of drug-likeness (QED) is 0.694. The first kappa shape index (κ1) is 9.49. The molecule has 1 aromatic rings. The Kier molecular flexibility index (Phi) is 4.05. The average molecular weight is 181 g/mol. The van der Waals surface area contributed by atoms with Crippen LogP contribution in [0.3, 0.4) is 0 Å². The molecule has 0 saturated carbocycles. The summed E-state index contributed by atoms with van der Waals surface area (Å²) in [4.78, 5) is 0. The first-order valence-electron chi connectivity index (χ1n) is 4.20. The first-order chi connectivity index (χ1) is 5.83. The number of hydrogen-bond acceptors (Lipinski definition) is 2. The van der Waals surface area contributed by atoms with Crippen molar-refractivity contribution in [2.75, 3.05) is 6.54 Å². The van der Waals surface area contributed by atoms with E-state index in [1.165, 1.54) is 11.1 Å². The SMILES string of the molecule is C=C(CCN)CCc1ccsc1. The lowest BCUT2D eigenvalue weighted by Gasteiger charge is -2.01. The third-order valence-electron chi connectivity index (χ3n) is 1.85. The molecule has 66 valence electrons. The van der Waals surface area contributed by atoms with Gasteiger partial charge in [-0.05, 0) is 48.2 Å². The van der Waals surface area contributed by atoms with Crippen molar-refractivity contribution in [1.29, 1.82) is 0 Å². The third-order valence-corrected chi connectivity index (χ3v) is 2.58. The van der Waals surface area contributed by atoms with Gasteiger partial charge in [0.1, 0.15) is 0 Å². The number of thiophene rings is 1. The van der Waals surface area contributed by atoms with Crippen molar-refractivity contribution in [2.45, 2.75) is 19.3 Å². The summed E-state index contributed by atoms with van der Waals surface area (Å²) in [6.45, 7) is 4.69. The number of hydrogen-bond donors (Lipinski definition) is 1. The Morgan fingerprint density at radius 2 is 2.33 bits per heavy atom. The lowest BCUT2D eigenvalue weighted by Crippen LogP contribution is -2.00. The van der Waals surface area contributed by atoms with Gasteiger partial charge in [-0.2, -0.15) is 11.3 Å². The van der Waals surface area contributed by atoms with Crippen molar-refractivity contribution < 1.29 is 0 Å². The highest BCUT2D eigenvalue weighted by Gasteiger charge is 1.95. The van der Waals surface area contributed by atoms with Crippen molar-refractivity contribution in [3.63, 3.8) is 0 Å². The molecular formula is C10H15NS. The minimum atomic E-state index is 0.725. The van der Waals surface area contributed by atoms with E-state index in [0.29, 0.717) is 0 Å². The van der Waals surface area contributed by atoms with Crippen molar-refractivity contribution in [2.24, 2.45) is 5.73 Å². The van der Waals surface area contributed by atoms with Crippen molar-refractivity contribution in [3.05, 3.63) is 34.5 Å². The van der Waals surface area contributed by atoms with Crippen molar-refractivity contribution >= 4 is 11.3 Å². The lowest BCUT2D eigenvalue weighted by molar-refractivity contribution is 0.849. The molecule has 0 saturated heterocycles. The van der Waals surface area contributed by atoms with E-state index in [4.69, 9.17) is 5.73 Å². The Labute approximate surface area is 77.9 Å². The van der Waals surface area contributed by atoms with E-state index in [9.17, 15) is 0 Å². The van der Waals surface area contributed by atoms with Gasteiger partial charge in [-0.25, -0.2) is 0 Å². The number of aryl methyl sites for hydroxylation is 1. The molecule has 1 nitrogen and oxygen atoms in total. The highest BCUT2D eigenvalue weighted by molar-refractivity contribution is 7.07. The van der Waals surface area contributed by atoms with Crippen LogP contribution < -0.4 is 5.73 Å². The molecule has 2 heteroatoms. The van der Waals surface area contributed by atoms with E-state index in [0.717, 1.165) is 25.8 Å². The van der Waals surface area contributed by atoms with Crippen LogP contribution in [0.2, 0.25) is 0 Å². The maximum Gasteiger partial charge on any atom is -0.00400 e.